The second kappa shape index (κ2) is 13.8. The summed E-state index contributed by atoms with van der Waals surface area (Å²) < 4.78 is 10.3. The molecule has 0 aromatic rings. The van der Waals surface area contributed by atoms with Gasteiger partial charge in [-0.1, -0.05) is 96.8 Å². The van der Waals surface area contributed by atoms with Crippen LogP contribution in [0.4, 0.5) is 0 Å². The van der Waals surface area contributed by atoms with Crippen molar-refractivity contribution in [2.75, 3.05) is 0 Å². The van der Waals surface area contributed by atoms with Crippen LogP contribution >= 0.6 is 0 Å². The van der Waals surface area contributed by atoms with E-state index in [1.54, 1.807) is 0 Å². The van der Waals surface area contributed by atoms with E-state index in [4.69, 9.17) is 9.47 Å². The molecule has 0 spiro atoms. The van der Waals surface area contributed by atoms with E-state index in [9.17, 15) is 4.79 Å². The Bertz CT molecular complexity index is 291. The maximum absolute atomic E-state index is 10.7. The van der Waals surface area contributed by atoms with Gasteiger partial charge in [-0.2, -0.15) is 0 Å². The first-order valence-corrected chi connectivity index (χ1v) is 10.1. The number of ether oxygens (including phenoxy) is 2. The maximum Gasteiger partial charge on any atom is 0.305 e. The second-order valence-corrected chi connectivity index (χ2v) is 7.04. The highest BCUT2D eigenvalue weighted by Crippen LogP contribution is 2.28. The Morgan fingerprint density at radius 3 is 1.65 bits per heavy atom. The summed E-state index contributed by atoms with van der Waals surface area (Å²) in [6, 6.07) is 0. The van der Waals surface area contributed by atoms with Crippen LogP contribution in [0, 0.1) is 0 Å². The van der Waals surface area contributed by atoms with Gasteiger partial charge >= 0.3 is 5.97 Å². The van der Waals surface area contributed by atoms with Crippen molar-refractivity contribution in [3.63, 3.8) is 0 Å². The molecule has 0 N–H and O–H groups in total. The lowest BCUT2D eigenvalue weighted by Gasteiger charge is -2.03. The van der Waals surface area contributed by atoms with Crippen LogP contribution in [0.25, 0.3) is 0 Å². The topological polar surface area (TPSA) is 38.8 Å². The van der Waals surface area contributed by atoms with Crippen molar-refractivity contribution in [3.8, 4) is 0 Å². The number of carbonyl (C=O) groups excluding carboxylic acids is 1. The van der Waals surface area contributed by atoms with Gasteiger partial charge in [0.25, 0.3) is 0 Å². The van der Waals surface area contributed by atoms with E-state index in [0.717, 1.165) is 6.42 Å². The number of epoxide rings is 1. The predicted molar refractivity (Wildman–Crippen MR) is 95.4 cm³/mol. The van der Waals surface area contributed by atoms with Crippen molar-refractivity contribution in [1.29, 1.82) is 0 Å². The van der Waals surface area contributed by atoms with Gasteiger partial charge in [-0.3, -0.25) is 4.79 Å². The van der Waals surface area contributed by atoms with Crippen LogP contribution in [0.15, 0.2) is 0 Å². The molecular formula is C20H38O3. The molecule has 1 aliphatic heterocycles. The van der Waals surface area contributed by atoms with Gasteiger partial charge in [0.15, 0.2) is 0 Å². The van der Waals surface area contributed by atoms with Gasteiger partial charge < -0.3 is 9.47 Å². The summed E-state index contributed by atoms with van der Waals surface area (Å²) >= 11 is 0. The SMILES string of the molecule is CCCCCCCCCCCCCCCCC1OC1OC(C)=O. The van der Waals surface area contributed by atoms with Gasteiger partial charge in [-0.05, 0) is 6.42 Å². The Morgan fingerprint density at radius 2 is 1.22 bits per heavy atom. The molecule has 3 heteroatoms. The van der Waals surface area contributed by atoms with E-state index in [0.29, 0.717) is 0 Å². The fraction of sp³-hybridized carbons (Fsp3) is 0.950. The number of hydrogen-bond donors (Lipinski definition) is 0. The quantitative estimate of drug-likeness (QED) is 0.194. The number of rotatable bonds is 16. The van der Waals surface area contributed by atoms with Crippen molar-refractivity contribution < 1.29 is 14.3 Å². The van der Waals surface area contributed by atoms with Crippen molar-refractivity contribution in [3.05, 3.63) is 0 Å². The zero-order valence-corrected chi connectivity index (χ0v) is 15.5. The molecule has 0 saturated carbocycles. The highest BCUT2D eigenvalue weighted by Gasteiger charge is 2.41. The van der Waals surface area contributed by atoms with Crippen LogP contribution in [0.2, 0.25) is 0 Å². The molecule has 2 unspecified atom stereocenters. The Morgan fingerprint density at radius 1 is 0.783 bits per heavy atom. The first-order valence-electron chi connectivity index (χ1n) is 10.1. The molecule has 0 radical (unpaired) electrons. The van der Waals surface area contributed by atoms with E-state index in [1.165, 1.54) is 96.8 Å². The smallest absolute Gasteiger partial charge is 0.305 e. The van der Waals surface area contributed by atoms with Crippen molar-refractivity contribution in [1.82, 2.24) is 0 Å². The second-order valence-electron chi connectivity index (χ2n) is 7.04. The predicted octanol–water partition coefficient (Wildman–Crippen LogP) is 6.15. The molecule has 1 heterocycles. The van der Waals surface area contributed by atoms with Crippen molar-refractivity contribution >= 4 is 5.97 Å². The number of carbonyl (C=O) groups is 1. The molecule has 0 aliphatic carbocycles. The molecule has 3 nitrogen and oxygen atoms in total. The summed E-state index contributed by atoms with van der Waals surface area (Å²) in [6.45, 7) is 3.71. The van der Waals surface area contributed by atoms with Crippen LogP contribution in [0.1, 0.15) is 110 Å². The van der Waals surface area contributed by atoms with Gasteiger partial charge in [0.1, 0.15) is 6.10 Å². The largest absolute Gasteiger partial charge is 0.433 e. The molecule has 0 aromatic carbocycles. The van der Waals surface area contributed by atoms with Crippen LogP contribution in [0.5, 0.6) is 0 Å². The van der Waals surface area contributed by atoms with Crippen molar-refractivity contribution in [2.45, 2.75) is 123 Å². The molecule has 1 fully saturated rings. The molecule has 23 heavy (non-hydrogen) atoms. The highest BCUT2D eigenvalue weighted by molar-refractivity contribution is 5.66. The summed E-state index contributed by atoms with van der Waals surface area (Å²) in [5.74, 6) is -0.238. The first-order chi connectivity index (χ1) is 11.2. The highest BCUT2D eigenvalue weighted by atomic mass is 16.8. The molecule has 0 bridgehead atoms. The van der Waals surface area contributed by atoms with Gasteiger partial charge in [0.2, 0.25) is 6.29 Å². The standard InChI is InChI=1S/C20H38O3/c1-3-4-5-6-7-8-9-10-11-12-13-14-15-16-17-19-20(23-19)22-18(2)21/h19-20H,3-17H2,1-2H3. The lowest BCUT2D eigenvalue weighted by molar-refractivity contribution is -0.145. The van der Waals surface area contributed by atoms with Gasteiger partial charge in [-0.15, -0.1) is 0 Å². The third-order valence-electron chi connectivity index (χ3n) is 4.66. The monoisotopic (exact) mass is 326 g/mol. The van der Waals surface area contributed by atoms with Gasteiger partial charge in [0, 0.05) is 6.92 Å². The van der Waals surface area contributed by atoms with E-state index < -0.39 is 0 Å². The first kappa shape index (κ1) is 20.5. The Kier molecular flexibility index (Phi) is 12.3. The van der Waals surface area contributed by atoms with Crippen LogP contribution in [0.3, 0.4) is 0 Å². The average Bonchev–Trinajstić information content (AvgIpc) is 3.24. The summed E-state index contributed by atoms with van der Waals surface area (Å²) in [5.41, 5.74) is 0. The minimum atomic E-state index is -0.241. The minimum absolute atomic E-state index is 0.177. The zero-order chi connectivity index (χ0) is 16.8. The number of esters is 1. The molecule has 0 amide bonds. The Hall–Kier alpha value is -0.570. The van der Waals surface area contributed by atoms with Crippen LogP contribution < -0.4 is 0 Å². The van der Waals surface area contributed by atoms with E-state index in [-0.39, 0.29) is 18.4 Å². The Labute approximate surface area is 143 Å². The van der Waals surface area contributed by atoms with Crippen molar-refractivity contribution in [2.24, 2.45) is 0 Å². The maximum atomic E-state index is 10.7. The summed E-state index contributed by atoms with van der Waals surface area (Å²) in [7, 11) is 0. The molecule has 2 atom stereocenters. The van der Waals surface area contributed by atoms with Gasteiger partial charge in [-0.25, -0.2) is 0 Å². The Balaban J connectivity index is 1.69. The summed E-state index contributed by atoms with van der Waals surface area (Å²) in [4.78, 5) is 10.7. The molecule has 136 valence electrons. The summed E-state index contributed by atoms with van der Waals surface area (Å²) in [5, 5.41) is 0. The molecule has 1 saturated heterocycles. The third-order valence-corrected chi connectivity index (χ3v) is 4.66. The molecule has 1 aliphatic rings. The minimum Gasteiger partial charge on any atom is -0.433 e. The number of unbranched alkanes of at least 4 members (excludes halogenated alkanes) is 13. The lowest BCUT2D eigenvalue weighted by Crippen LogP contribution is -2.04. The molecule has 0 aromatic heterocycles. The fourth-order valence-electron chi connectivity index (χ4n) is 3.14. The fourth-order valence-corrected chi connectivity index (χ4v) is 3.14. The molecule has 1 rings (SSSR count). The normalized spacial score (nSPS) is 19.7. The third kappa shape index (κ3) is 12.5. The zero-order valence-electron chi connectivity index (χ0n) is 15.5. The van der Waals surface area contributed by atoms with E-state index in [2.05, 4.69) is 6.92 Å². The van der Waals surface area contributed by atoms with E-state index >= 15 is 0 Å². The van der Waals surface area contributed by atoms with Crippen LogP contribution in [-0.4, -0.2) is 18.4 Å². The van der Waals surface area contributed by atoms with Gasteiger partial charge in [0.05, 0.1) is 0 Å². The van der Waals surface area contributed by atoms with Crippen LogP contribution in [-0.2, 0) is 14.3 Å². The summed E-state index contributed by atoms with van der Waals surface area (Å²) in [6.07, 6.45) is 20.3. The average molecular weight is 327 g/mol. The molecular weight excluding hydrogens is 288 g/mol. The van der Waals surface area contributed by atoms with E-state index in [1.807, 2.05) is 0 Å². The lowest BCUT2D eigenvalue weighted by atomic mass is 10.0. The number of hydrogen-bond acceptors (Lipinski definition) is 3.